The molecule has 2 aromatic rings. The van der Waals surface area contributed by atoms with E-state index >= 15 is 0 Å². The van der Waals surface area contributed by atoms with Crippen LogP contribution < -0.4 is 10.6 Å². The minimum absolute atomic E-state index is 0.0588. The Balaban J connectivity index is 1.29. The first-order chi connectivity index (χ1) is 12.6. The molecule has 4 rings (SSSR count). The van der Waals surface area contributed by atoms with Crippen LogP contribution in [0, 0.1) is 5.92 Å². The van der Waals surface area contributed by atoms with Crippen LogP contribution in [0.25, 0.3) is 11.3 Å². The van der Waals surface area contributed by atoms with Crippen LogP contribution in [0.2, 0.25) is 0 Å². The molecule has 1 saturated heterocycles. The number of amides is 3. The lowest BCUT2D eigenvalue weighted by Gasteiger charge is -2.40. The Kier molecular flexibility index (Phi) is 4.32. The largest absolute Gasteiger partial charge is 0.350 e. The van der Waals surface area contributed by atoms with Crippen LogP contribution in [0.3, 0.4) is 0 Å². The standard InChI is InChI=1S/C18H22N6O2/c1-23-9-13(8-19-23)15-6-3-7-16(21-15)22-18(26)24-10-14(11-24)20-17(25)12-4-2-5-12/h3,6-9,12,14H,2,4-5,10-11H2,1H3,(H,20,25)(H,21,22,26). The molecule has 26 heavy (non-hydrogen) atoms. The van der Waals surface area contributed by atoms with Crippen molar-refractivity contribution in [2.24, 2.45) is 13.0 Å². The van der Waals surface area contributed by atoms with Gasteiger partial charge in [-0.1, -0.05) is 12.5 Å². The average molecular weight is 354 g/mol. The zero-order chi connectivity index (χ0) is 18.1. The number of pyridine rings is 1. The maximum absolute atomic E-state index is 12.3. The van der Waals surface area contributed by atoms with Gasteiger partial charge >= 0.3 is 6.03 Å². The van der Waals surface area contributed by atoms with E-state index < -0.39 is 0 Å². The van der Waals surface area contributed by atoms with Crippen molar-refractivity contribution in [2.45, 2.75) is 25.3 Å². The smallest absolute Gasteiger partial charge is 0.323 e. The van der Waals surface area contributed by atoms with Crippen molar-refractivity contribution < 1.29 is 9.59 Å². The third-order valence-corrected chi connectivity index (χ3v) is 4.98. The molecule has 0 radical (unpaired) electrons. The molecule has 8 heteroatoms. The SMILES string of the molecule is Cn1cc(-c2cccc(NC(=O)N3CC(NC(=O)C4CCC4)C3)n2)cn1. The fourth-order valence-electron chi connectivity index (χ4n) is 3.13. The van der Waals surface area contributed by atoms with Crippen molar-refractivity contribution in [3.05, 3.63) is 30.6 Å². The van der Waals surface area contributed by atoms with Crippen LogP contribution in [0.4, 0.5) is 10.6 Å². The van der Waals surface area contributed by atoms with Crippen molar-refractivity contribution in [1.29, 1.82) is 0 Å². The molecule has 1 aliphatic carbocycles. The van der Waals surface area contributed by atoms with Crippen molar-refractivity contribution in [2.75, 3.05) is 18.4 Å². The minimum atomic E-state index is -0.199. The molecule has 2 aliphatic rings. The predicted octanol–water partition coefficient (Wildman–Crippen LogP) is 1.61. The molecule has 0 unspecified atom stereocenters. The summed E-state index contributed by atoms with van der Waals surface area (Å²) in [4.78, 5) is 30.4. The highest BCUT2D eigenvalue weighted by Crippen LogP contribution is 2.26. The molecule has 3 heterocycles. The van der Waals surface area contributed by atoms with Crippen molar-refractivity contribution in [3.63, 3.8) is 0 Å². The van der Waals surface area contributed by atoms with E-state index in [0.717, 1.165) is 30.5 Å². The highest BCUT2D eigenvalue weighted by atomic mass is 16.2. The summed E-state index contributed by atoms with van der Waals surface area (Å²) in [5, 5.41) is 9.97. The maximum Gasteiger partial charge on any atom is 0.323 e. The van der Waals surface area contributed by atoms with Crippen LogP contribution in [0.1, 0.15) is 19.3 Å². The predicted molar refractivity (Wildman–Crippen MR) is 96.3 cm³/mol. The topological polar surface area (TPSA) is 92.2 Å². The van der Waals surface area contributed by atoms with Gasteiger partial charge in [0.2, 0.25) is 5.91 Å². The Labute approximate surface area is 151 Å². The van der Waals surface area contributed by atoms with Crippen LogP contribution in [0.5, 0.6) is 0 Å². The quantitative estimate of drug-likeness (QED) is 0.873. The summed E-state index contributed by atoms with van der Waals surface area (Å²) < 4.78 is 1.71. The highest BCUT2D eigenvalue weighted by molar-refractivity contribution is 5.89. The van der Waals surface area contributed by atoms with Gasteiger partial charge in [-0.05, 0) is 25.0 Å². The monoisotopic (exact) mass is 354 g/mol. The third-order valence-electron chi connectivity index (χ3n) is 4.98. The Morgan fingerprint density at radius 1 is 1.23 bits per heavy atom. The average Bonchev–Trinajstić information content (AvgIpc) is 2.95. The Morgan fingerprint density at radius 2 is 2.04 bits per heavy atom. The van der Waals surface area contributed by atoms with Gasteiger partial charge in [0.15, 0.2) is 0 Å². The molecule has 2 aromatic heterocycles. The first kappa shape index (κ1) is 16.6. The summed E-state index contributed by atoms with van der Waals surface area (Å²) in [6.07, 6.45) is 6.73. The second-order valence-electron chi connectivity index (χ2n) is 6.98. The van der Waals surface area contributed by atoms with E-state index in [1.807, 2.05) is 25.4 Å². The van der Waals surface area contributed by atoms with Gasteiger partial charge < -0.3 is 10.2 Å². The fourth-order valence-corrected chi connectivity index (χ4v) is 3.13. The van der Waals surface area contributed by atoms with E-state index in [2.05, 4.69) is 20.7 Å². The van der Waals surface area contributed by atoms with Gasteiger partial charge in [0, 0.05) is 37.8 Å². The first-order valence-electron chi connectivity index (χ1n) is 8.91. The van der Waals surface area contributed by atoms with Gasteiger partial charge in [-0.25, -0.2) is 9.78 Å². The van der Waals surface area contributed by atoms with Crippen LogP contribution in [-0.2, 0) is 11.8 Å². The lowest BCUT2D eigenvalue weighted by atomic mass is 9.84. The highest BCUT2D eigenvalue weighted by Gasteiger charge is 2.34. The lowest BCUT2D eigenvalue weighted by Crippen LogP contribution is -2.62. The Morgan fingerprint density at radius 3 is 2.69 bits per heavy atom. The first-order valence-corrected chi connectivity index (χ1v) is 8.91. The number of nitrogens with zero attached hydrogens (tertiary/aromatic N) is 4. The van der Waals surface area contributed by atoms with E-state index in [4.69, 9.17) is 0 Å². The van der Waals surface area contributed by atoms with Crippen LogP contribution in [0.15, 0.2) is 30.6 Å². The summed E-state index contributed by atoms with van der Waals surface area (Å²) in [6, 6.07) is 5.34. The Hall–Kier alpha value is -2.90. The van der Waals surface area contributed by atoms with Crippen molar-refractivity contribution >= 4 is 17.8 Å². The zero-order valence-corrected chi connectivity index (χ0v) is 14.7. The van der Waals surface area contributed by atoms with E-state index in [1.165, 1.54) is 0 Å². The number of urea groups is 1. The number of aryl methyl sites for hydroxylation is 1. The summed E-state index contributed by atoms with van der Waals surface area (Å²) in [5.74, 6) is 0.808. The molecule has 0 spiro atoms. The number of carbonyl (C=O) groups excluding carboxylic acids is 2. The third kappa shape index (κ3) is 3.40. The molecule has 0 bridgehead atoms. The number of likely N-dealkylation sites (tertiary alicyclic amines) is 1. The maximum atomic E-state index is 12.3. The van der Waals surface area contributed by atoms with E-state index in [0.29, 0.717) is 18.9 Å². The second-order valence-corrected chi connectivity index (χ2v) is 6.98. The van der Waals surface area contributed by atoms with Crippen LogP contribution >= 0.6 is 0 Å². The van der Waals surface area contributed by atoms with Crippen molar-refractivity contribution in [1.82, 2.24) is 25.0 Å². The molecule has 1 aliphatic heterocycles. The number of hydrogen-bond acceptors (Lipinski definition) is 4. The number of carbonyl (C=O) groups is 2. The number of aromatic nitrogens is 3. The summed E-state index contributed by atoms with van der Waals surface area (Å²) in [7, 11) is 1.85. The van der Waals surface area contributed by atoms with Gasteiger partial charge in [-0.2, -0.15) is 5.10 Å². The molecular formula is C18H22N6O2. The number of anilines is 1. The van der Waals surface area contributed by atoms with Gasteiger partial charge in [0.1, 0.15) is 5.82 Å². The minimum Gasteiger partial charge on any atom is -0.350 e. The molecule has 0 atom stereocenters. The number of hydrogen-bond donors (Lipinski definition) is 2. The second kappa shape index (κ2) is 6.78. The summed E-state index contributed by atoms with van der Waals surface area (Å²) >= 11 is 0. The van der Waals surface area contributed by atoms with Gasteiger partial charge in [0.25, 0.3) is 0 Å². The molecule has 3 amide bonds. The number of nitrogens with one attached hydrogen (secondary N) is 2. The molecule has 2 N–H and O–H groups in total. The van der Waals surface area contributed by atoms with E-state index in [1.54, 1.807) is 21.8 Å². The van der Waals surface area contributed by atoms with Gasteiger partial charge in [0.05, 0.1) is 17.9 Å². The molecule has 1 saturated carbocycles. The molecule has 136 valence electrons. The number of rotatable bonds is 4. The van der Waals surface area contributed by atoms with E-state index in [-0.39, 0.29) is 23.9 Å². The van der Waals surface area contributed by atoms with Gasteiger partial charge in [-0.15, -0.1) is 0 Å². The fraction of sp³-hybridized carbons (Fsp3) is 0.444. The van der Waals surface area contributed by atoms with Crippen molar-refractivity contribution in [3.8, 4) is 11.3 Å². The molecule has 2 fully saturated rings. The molecule has 8 nitrogen and oxygen atoms in total. The molecule has 0 aromatic carbocycles. The summed E-state index contributed by atoms with van der Waals surface area (Å²) in [5.41, 5.74) is 1.65. The van der Waals surface area contributed by atoms with E-state index in [9.17, 15) is 9.59 Å². The molecular weight excluding hydrogens is 332 g/mol. The lowest BCUT2D eigenvalue weighted by molar-refractivity contribution is -0.129. The zero-order valence-electron chi connectivity index (χ0n) is 14.7. The summed E-state index contributed by atoms with van der Waals surface area (Å²) in [6.45, 7) is 1.07. The van der Waals surface area contributed by atoms with Crippen LogP contribution in [-0.4, -0.2) is 50.7 Å². The normalized spacial score (nSPS) is 17.3. The van der Waals surface area contributed by atoms with Gasteiger partial charge in [-0.3, -0.25) is 14.8 Å². The Bertz CT molecular complexity index is 823.